The summed E-state index contributed by atoms with van der Waals surface area (Å²) in [6.07, 6.45) is 2.43. The van der Waals surface area contributed by atoms with Crippen molar-refractivity contribution in [2.24, 2.45) is 5.16 Å². The third-order valence-electron chi connectivity index (χ3n) is 6.12. The van der Waals surface area contributed by atoms with Crippen LogP contribution in [0.5, 0.6) is 11.5 Å². The van der Waals surface area contributed by atoms with Gasteiger partial charge in [0.2, 0.25) is 0 Å². The van der Waals surface area contributed by atoms with E-state index < -0.39 is 0 Å². The molecule has 0 aliphatic rings. The topological polar surface area (TPSA) is 77.4 Å². The van der Waals surface area contributed by atoms with Gasteiger partial charge in [0.25, 0.3) is 0 Å². The van der Waals surface area contributed by atoms with Gasteiger partial charge < -0.3 is 19.4 Å². The molecule has 0 heterocycles. The number of esters is 1. The first-order valence-corrected chi connectivity index (χ1v) is 12.3. The molecule has 1 unspecified atom stereocenters. The number of benzene rings is 3. The van der Waals surface area contributed by atoms with Crippen LogP contribution < -0.4 is 9.47 Å². The molecule has 3 aromatic rings. The fourth-order valence-corrected chi connectivity index (χ4v) is 3.94. The molecule has 0 saturated carbocycles. The van der Waals surface area contributed by atoms with Crippen molar-refractivity contribution < 1.29 is 24.2 Å². The Morgan fingerprint density at radius 2 is 1.83 bits per heavy atom. The summed E-state index contributed by atoms with van der Waals surface area (Å²) in [6, 6.07) is 21.5. The average molecular weight is 490 g/mol. The van der Waals surface area contributed by atoms with E-state index in [9.17, 15) is 10.0 Å². The van der Waals surface area contributed by atoms with Gasteiger partial charge >= 0.3 is 5.97 Å². The van der Waals surface area contributed by atoms with E-state index in [4.69, 9.17) is 14.2 Å². The number of nitrogens with zero attached hydrogens (tertiary/aromatic N) is 1. The van der Waals surface area contributed by atoms with E-state index in [1.54, 1.807) is 0 Å². The fourth-order valence-electron chi connectivity index (χ4n) is 3.94. The van der Waals surface area contributed by atoms with Gasteiger partial charge in [-0.3, -0.25) is 4.79 Å². The van der Waals surface area contributed by atoms with Gasteiger partial charge in [-0.1, -0.05) is 54.5 Å². The maximum atomic E-state index is 11.4. The van der Waals surface area contributed by atoms with E-state index in [0.29, 0.717) is 37.3 Å². The molecule has 0 aliphatic carbocycles. The zero-order valence-corrected chi connectivity index (χ0v) is 21.5. The van der Waals surface area contributed by atoms with Gasteiger partial charge in [0.05, 0.1) is 19.8 Å². The van der Waals surface area contributed by atoms with Crippen molar-refractivity contribution in [3.8, 4) is 11.5 Å². The molecule has 6 heteroatoms. The minimum absolute atomic E-state index is 0.118. The minimum Gasteiger partial charge on any atom is -0.493 e. The van der Waals surface area contributed by atoms with Crippen molar-refractivity contribution in [2.75, 3.05) is 13.7 Å². The van der Waals surface area contributed by atoms with E-state index in [1.165, 1.54) is 7.11 Å². The maximum Gasteiger partial charge on any atom is 0.305 e. The monoisotopic (exact) mass is 489 g/mol. The van der Waals surface area contributed by atoms with Crippen LogP contribution in [-0.4, -0.2) is 36.7 Å². The molecular formula is C30H35NO5. The third kappa shape index (κ3) is 7.35. The lowest BCUT2D eigenvalue weighted by atomic mass is 9.98. The summed E-state index contributed by atoms with van der Waals surface area (Å²) in [6.45, 7) is 6.59. The molecular weight excluding hydrogens is 454 g/mol. The lowest BCUT2D eigenvalue weighted by Gasteiger charge is -2.19. The molecule has 0 spiro atoms. The first-order chi connectivity index (χ1) is 17.4. The van der Waals surface area contributed by atoms with Crippen LogP contribution >= 0.6 is 0 Å². The Morgan fingerprint density at radius 1 is 1.06 bits per heavy atom. The fraction of sp³-hybridized carbons (Fsp3) is 0.333. The highest BCUT2D eigenvalue weighted by Crippen LogP contribution is 2.26. The Bertz CT molecular complexity index is 1170. The summed E-state index contributed by atoms with van der Waals surface area (Å²) >= 11 is 0. The van der Waals surface area contributed by atoms with Crippen LogP contribution in [0.4, 0.5) is 0 Å². The van der Waals surface area contributed by atoms with E-state index in [1.807, 2.05) is 80.6 Å². The Morgan fingerprint density at radius 3 is 2.50 bits per heavy atom. The number of hydrogen-bond acceptors (Lipinski definition) is 6. The van der Waals surface area contributed by atoms with Crippen LogP contribution in [-0.2, 0) is 22.4 Å². The predicted molar refractivity (Wildman–Crippen MR) is 141 cm³/mol. The number of oxime groups is 1. The van der Waals surface area contributed by atoms with Crippen molar-refractivity contribution in [3.05, 3.63) is 94.5 Å². The molecule has 0 bridgehead atoms. The Balaban J connectivity index is 1.63. The standard InChI is InChI=1S/C30H35NO5/c1-5-23-11-15-28(27(20-23)30(31-33)25-9-7-6-8-10-25)36-22(3)17-18-35-26-14-12-24(21(2)19-26)13-16-29(32)34-4/h6-12,14-15,19-20,22,33H,5,13,16-18H2,1-4H3/b31-30+. The van der Waals surface area contributed by atoms with Gasteiger partial charge in [0.1, 0.15) is 17.2 Å². The number of rotatable bonds is 12. The SMILES string of the molecule is CCc1ccc(OC(C)CCOc2ccc(CCC(=O)OC)c(C)c2)c(/C(=N/O)c2ccccc2)c1. The average Bonchev–Trinajstić information content (AvgIpc) is 2.90. The molecule has 36 heavy (non-hydrogen) atoms. The van der Waals surface area contributed by atoms with Crippen molar-refractivity contribution in [3.63, 3.8) is 0 Å². The summed E-state index contributed by atoms with van der Waals surface area (Å²) < 4.78 is 17.0. The lowest BCUT2D eigenvalue weighted by molar-refractivity contribution is -0.140. The smallest absolute Gasteiger partial charge is 0.305 e. The van der Waals surface area contributed by atoms with Gasteiger partial charge in [0, 0.05) is 24.0 Å². The molecule has 0 amide bonds. The molecule has 0 radical (unpaired) electrons. The lowest BCUT2D eigenvalue weighted by Crippen LogP contribution is -2.18. The molecule has 1 atom stereocenters. The first kappa shape index (κ1) is 26.8. The Hall–Kier alpha value is -3.80. The molecule has 0 saturated heterocycles. The summed E-state index contributed by atoms with van der Waals surface area (Å²) in [4.78, 5) is 11.4. The number of hydrogen-bond donors (Lipinski definition) is 1. The second-order valence-electron chi connectivity index (χ2n) is 8.73. The molecule has 6 nitrogen and oxygen atoms in total. The quantitative estimate of drug-likeness (QED) is 0.143. The van der Waals surface area contributed by atoms with Crippen LogP contribution in [0.3, 0.4) is 0 Å². The van der Waals surface area contributed by atoms with Gasteiger partial charge in [0.15, 0.2) is 0 Å². The maximum absolute atomic E-state index is 11.4. The summed E-state index contributed by atoms with van der Waals surface area (Å²) in [5, 5.41) is 13.4. The normalized spacial score (nSPS) is 12.2. The number of carbonyl (C=O) groups is 1. The molecule has 0 aliphatic heterocycles. The van der Waals surface area contributed by atoms with Gasteiger partial charge in [-0.05, 0) is 67.6 Å². The van der Waals surface area contributed by atoms with E-state index >= 15 is 0 Å². The van der Waals surface area contributed by atoms with Crippen LogP contribution in [0.25, 0.3) is 0 Å². The van der Waals surface area contributed by atoms with Crippen molar-refractivity contribution >= 4 is 11.7 Å². The van der Waals surface area contributed by atoms with Crippen molar-refractivity contribution in [2.45, 2.75) is 52.6 Å². The van der Waals surface area contributed by atoms with Gasteiger partial charge in [-0.2, -0.15) is 0 Å². The largest absolute Gasteiger partial charge is 0.493 e. The van der Waals surface area contributed by atoms with Crippen LogP contribution in [0.2, 0.25) is 0 Å². The molecule has 1 N–H and O–H groups in total. The molecule has 3 aromatic carbocycles. The second kappa shape index (κ2) is 13.3. The van der Waals surface area contributed by atoms with Crippen LogP contribution in [0.15, 0.2) is 71.9 Å². The minimum atomic E-state index is -0.211. The zero-order chi connectivity index (χ0) is 25.9. The van der Waals surface area contributed by atoms with Crippen LogP contribution in [0, 0.1) is 6.92 Å². The van der Waals surface area contributed by atoms with Crippen LogP contribution in [0.1, 0.15) is 54.5 Å². The van der Waals surface area contributed by atoms with Crippen molar-refractivity contribution in [1.29, 1.82) is 0 Å². The highest BCUT2D eigenvalue weighted by atomic mass is 16.5. The molecule has 0 fully saturated rings. The molecule has 190 valence electrons. The summed E-state index contributed by atoms with van der Waals surface area (Å²) in [5.41, 5.74) is 5.38. The number of methoxy groups -OCH3 is 1. The number of carbonyl (C=O) groups excluding carboxylic acids is 1. The third-order valence-corrected chi connectivity index (χ3v) is 6.12. The summed E-state index contributed by atoms with van der Waals surface area (Å²) in [5.74, 6) is 1.24. The van der Waals surface area contributed by atoms with Gasteiger partial charge in [-0.15, -0.1) is 0 Å². The Labute approximate surface area is 213 Å². The summed E-state index contributed by atoms with van der Waals surface area (Å²) in [7, 11) is 1.40. The molecule has 3 rings (SSSR count). The molecule has 0 aromatic heterocycles. The first-order valence-electron chi connectivity index (χ1n) is 12.3. The highest BCUT2D eigenvalue weighted by molar-refractivity contribution is 6.14. The van der Waals surface area contributed by atoms with E-state index in [-0.39, 0.29) is 12.1 Å². The predicted octanol–water partition coefficient (Wildman–Crippen LogP) is 6.13. The zero-order valence-electron chi connectivity index (χ0n) is 21.5. The second-order valence-corrected chi connectivity index (χ2v) is 8.73. The van der Waals surface area contributed by atoms with Crippen molar-refractivity contribution in [1.82, 2.24) is 0 Å². The van der Waals surface area contributed by atoms with E-state index in [2.05, 4.69) is 12.1 Å². The van der Waals surface area contributed by atoms with E-state index in [0.717, 1.165) is 40.0 Å². The number of ether oxygens (including phenoxy) is 3. The Kier molecular flexibility index (Phi) is 9.92. The van der Waals surface area contributed by atoms with Gasteiger partial charge in [-0.25, -0.2) is 0 Å². The highest BCUT2D eigenvalue weighted by Gasteiger charge is 2.17. The number of aryl methyl sites for hydroxylation is 3.